The van der Waals surface area contributed by atoms with E-state index in [2.05, 4.69) is 17.1 Å². The molecular weight excluding hydrogens is 236 g/mol. The van der Waals surface area contributed by atoms with Gasteiger partial charge in [-0.15, -0.1) is 11.3 Å². The number of hydrogen-bond donors (Lipinski definition) is 0. The van der Waals surface area contributed by atoms with E-state index in [1.807, 2.05) is 0 Å². The van der Waals surface area contributed by atoms with Crippen molar-refractivity contribution in [3.63, 3.8) is 0 Å². The number of amides is 2. The molecule has 1 saturated carbocycles. The zero-order valence-electron chi connectivity index (χ0n) is 8.95. The molecule has 86 valence electrons. The van der Waals surface area contributed by atoms with Crippen LogP contribution in [0.2, 0.25) is 0 Å². The predicted octanol–water partition coefficient (Wildman–Crippen LogP) is 1.45. The van der Waals surface area contributed by atoms with Crippen molar-refractivity contribution in [2.45, 2.75) is 6.42 Å². The molecule has 2 bridgehead atoms. The Labute approximate surface area is 102 Å². The lowest BCUT2D eigenvalue weighted by Gasteiger charge is -2.14. The summed E-state index contributed by atoms with van der Waals surface area (Å²) in [4.78, 5) is 30.0. The van der Waals surface area contributed by atoms with Gasteiger partial charge in [0, 0.05) is 11.6 Å². The number of rotatable bonds is 1. The number of fused-ring (bicyclic) bond motifs is 5. The first-order valence-corrected chi connectivity index (χ1v) is 6.61. The van der Waals surface area contributed by atoms with Gasteiger partial charge in [0.25, 0.3) is 0 Å². The molecule has 4 atom stereocenters. The van der Waals surface area contributed by atoms with Crippen LogP contribution in [0.4, 0.5) is 5.13 Å². The second kappa shape index (κ2) is 3.04. The summed E-state index contributed by atoms with van der Waals surface area (Å²) in [6.45, 7) is 0. The van der Waals surface area contributed by atoms with E-state index in [1.165, 1.54) is 16.2 Å². The van der Waals surface area contributed by atoms with Crippen molar-refractivity contribution >= 4 is 28.3 Å². The van der Waals surface area contributed by atoms with Gasteiger partial charge in [0.1, 0.15) is 0 Å². The number of nitrogens with zero attached hydrogens (tertiary/aromatic N) is 2. The fourth-order valence-electron chi connectivity index (χ4n) is 3.42. The quantitative estimate of drug-likeness (QED) is 0.556. The van der Waals surface area contributed by atoms with Crippen LogP contribution in [-0.4, -0.2) is 16.8 Å². The fraction of sp³-hybridized carbons (Fsp3) is 0.417. The van der Waals surface area contributed by atoms with Gasteiger partial charge in [0.05, 0.1) is 11.8 Å². The highest BCUT2D eigenvalue weighted by Gasteiger charge is 2.60. The molecule has 4 nitrogen and oxygen atoms in total. The lowest BCUT2D eigenvalue weighted by Crippen LogP contribution is -2.32. The molecule has 0 radical (unpaired) electrons. The molecule has 5 heteroatoms. The van der Waals surface area contributed by atoms with Crippen molar-refractivity contribution < 1.29 is 9.59 Å². The number of aromatic nitrogens is 1. The summed E-state index contributed by atoms with van der Waals surface area (Å²) in [7, 11) is 0. The number of hydrogen-bond acceptors (Lipinski definition) is 4. The Morgan fingerprint density at radius 1 is 1.18 bits per heavy atom. The van der Waals surface area contributed by atoms with Crippen molar-refractivity contribution in [3.05, 3.63) is 23.7 Å². The van der Waals surface area contributed by atoms with E-state index < -0.39 is 0 Å². The number of imide groups is 1. The Bertz CT molecular complexity index is 507. The predicted molar refractivity (Wildman–Crippen MR) is 62.3 cm³/mol. The van der Waals surface area contributed by atoms with Gasteiger partial charge in [0.2, 0.25) is 11.8 Å². The molecule has 2 heterocycles. The molecule has 0 spiro atoms. The Morgan fingerprint density at radius 3 is 2.35 bits per heavy atom. The van der Waals surface area contributed by atoms with E-state index in [9.17, 15) is 9.59 Å². The van der Waals surface area contributed by atoms with Gasteiger partial charge < -0.3 is 0 Å². The van der Waals surface area contributed by atoms with Crippen molar-refractivity contribution in [1.29, 1.82) is 0 Å². The molecule has 1 aromatic rings. The molecule has 1 aromatic heterocycles. The van der Waals surface area contributed by atoms with Gasteiger partial charge in [-0.05, 0) is 18.3 Å². The van der Waals surface area contributed by atoms with Crippen LogP contribution in [0.1, 0.15) is 6.42 Å². The van der Waals surface area contributed by atoms with Crippen molar-refractivity contribution in [1.82, 2.24) is 4.98 Å². The third-order valence-corrected chi connectivity index (χ3v) is 4.84. The molecular formula is C12H10N2O2S. The highest BCUT2D eigenvalue weighted by atomic mass is 32.1. The minimum Gasteiger partial charge on any atom is -0.274 e. The molecule has 2 fully saturated rings. The first-order valence-electron chi connectivity index (χ1n) is 5.73. The van der Waals surface area contributed by atoms with Gasteiger partial charge in [-0.25, -0.2) is 9.88 Å². The molecule has 0 aromatic carbocycles. The summed E-state index contributed by atoms with van der Waals surface area (Å²) in [5.41, 5.74) is 0. The first-order chi connectivity index (χ1) is 8.27. The van der Waals surface area contributed by atoms with Crippen molar-refractivity contribution in [2.24, 2.45) is 23.7 Å². The van der Waals surface area contributed by atoms with Crippen LogP contribution < -0.4 is 4.90 Å². The highest BCUT2D eigenvalue weighted by Crippen LogP contribution is 2.53. The van der Waals surface area contributed by atoms with E-state index in [4.69, 9.17) is 0 Å². The van der Waals surface area contributed by atoms with Crippen LogP contribution in [0, 0.1) is 23.7 Å². The molecule has 4 rings (SSSR count). The topological polar surface area (TPSA) is 50.3 Å². The lowest BCUT2D eigenvalue weighted by atomic mass is 9.85. The van der Waals surface area contributed by atoms with Crippen LogP contribution in [0.5, 0.6) is 0 Å². The second-order valence-electron chi connectivity index (χ2n) is 4.83. The molecule has 2 amide bonds. The zero-order chi connectivity index (χ0) is 11.6. The average molecular weight is 246 g/mol. The molecule has 2 aliphatic carbocycles. The van der Waals surface area contributed by atoms with E-state index in [0.29, 0.717) is 5.13 Å². The number of carbonyl (C=O) groups excluding carboxylic acids is 2. The molecule has 0 unspecified atom stereocenters. The number of anilines is 1. The Kier molecular flexibility index (Phi) is 1.71. The van der Waals surface area contributed by atoms with Crippen LogP contribution >= 0.6 is 11.3 Å². The maximum absolute atomic E-state index is 12.3. The number of carbonyl (C=O) groups is 2. The second-order valence-corrected chi connectivity index (χ2v) is 5.70. The highest BCUT2D eigenvalue weighted by molar-refractivity contribution is 7.14. The summed E-state index contributed by atoms with van der Waals surface area (Å²) in [5.74, 6) is 0.194. The van der Waals surface area contributed by atoms with Crippen LogP contribution in [0.25, 0.3) is 0 Å². The average Bonchev–Trinajstić information content (AvgIpc) is 3.03. The SMILES string of the molecule is O=C1[C@@H]2[C@@H](C(=O)N1c1nccs1)[C@@H]1C=C[C@@H]2C1. The van der Waals surface area contributed by atoms with Gasteiger partial charge in [0.15, 0.2) is 5.13 Å². The molecule has 0 N–H and O–H groups in total. The van der Waals surface area contributed by atoms with Gasteiger partial charge in [-0.3, -0.25) is 9.59 Å². The summed E-state index contributed by atoms with van der Waals surface area (Å²) < 4.78 is 0. The van der Waals surface area contributed by atoms with Gasteiger partial charge >= 0.3 is 0 Å². The number of allylic oxidation sites excluding steroid dienone is 2. The van der Waals surface area contributed by atoms with E-state index in [1.54, 1.807) is 11.6 Å². The third kappa shape index (κ3) is 1.05. The maximum atomic E-state index is 12.3. The van der Waals surface area contributed by atoms with Crippen LogP contribution in [0.3, 0.4) is 0 Å². The largest absolute Gasteiger partial charge is 0.274 e. The van der Waals surface area contributed by atoms with Gasteiger partial charge in [-0.1, -0.05) is 12.2 Å². The Balaban J connectivity index is 1.79. The molecule has 1 saturated heterocycles. The minimum absolute atomic E-state index is 0.0493. The van der Waals surface area contributed by atoms with Crippen LogP contribution in [-0.2, 0) is 9.59 Å². The Hall–Kier alpha value is -1.49. The maximum Gasteiger partial charge on any atom is 0.240 e. The normalized spacial score (nSPS) is 38.2. The van der Waals surface area contributed by atoms with E-state index in [-0.39, 0.29) is 35.5 Å². The standard InChI is InChI=1S/C12H10N2O2S/c15-10-8-6-1-2-7(5-6)9(8)11(16)14(10)12-13-3-4-17-12/h1-4,6-9H,5H2/t6-,7-,8+,9+/m1/s1. The first kappa shape index (κ1) is 9.53. The van der Waals surface area contributed by atoms with Crippen LogP contribution in [0.15, 0.2) is 23.7 Å². The monoisotopic (exact) mass is 246 g/mol. The van der Waals surface area contributed by atoms with Crippen molar-refractivity contribution in [3.8, 4) is 0 Å². The zero-order valence-corrected chi connectivity index (χ0v) is 9.76. The van der Waals surface area contributed by atoms with E-state index in [0.717, 1.165) is 6.42 Å². The summed E-state index contributed by atoms with van der Waals surface area (Å²) in [5, 5.41) is 2.31. The Morgan fingerprint density at radius 2 is 1.82 bits per heavy atom. The molecule has 17 heavy (non-hydrogen) atoms. The number of thiazole rings is 1. The van der Waals surface area contributed by atoms with Gasteiger partial charge in [-0.2, -0.15) is 0 Å². The third-order valence-electron chi connectivity index (χ3n) is 4.08. The van der Waals surface area contributed by atoms with E-state index >= 15 is 0 Å². The lowest BCUT2D eigenvalue weighted by molar-refractivity contribution is -0.123. The summed E-state index contributed by atoms with van der Waals surface area (Å²) in [6.07, 6.45) is 6.80. The summed E-state index contributed by atoms with van der Waals surface area (Å²) >= 11 is 1.34. The molecule has 3 aliphatic rings. The van der Waals surface area contributed by atoms with Crippen molar-refractivity contribution in [2.75, 3.05) is 4.90 Å². The smallest absolute Gasteiger partial charge is 0.240 e. The minimum atomic E-state index is -0.124. The summed E-state index contributed by atoms with van der Waals surface area (Å²) in [6, 6.07) is 0. The molecule has 1 aliphatic heterocycles. The fourth-order valence-corrected chi connectivity index (χ4v) is 4.07.